The number of benzene rings is 1. The van der Waals surface area contributed by atoms with E-state index >= 15 is 0 Å². The molecule has 2 N–H and O–H groups in total. The topological polar surface area (TPSA) is 116 Å². The largest absolute Gasteiger partial charge is 0.299 e. The summed E-state index contributed by atoms with van der Waals surface area (Å²) in [4.78, 5) is 26.8. The maximum Gasteiger partial charge on any atom is 0.299 e. The summed E-state index contributed by atoms with van der Waals surface area (Å²) in [6.07, 6.45) is 2.84. The molecule has 0 bridgehead atoms. The van der Waals surface area contributed by atoms with Crippen LogP contribution in [0.15, 0.2) is 28.2 Å². The molecule has 0 radical (unpaired) electrons. The lowest BCUT2D eigenvalue weighted by Gasteiger charge is -1.97. The predicted octanol–water partition coefficient (Wildman–Crippen LogP) is 1.61. The molecule has 0 spiro atoms. The van der Waals surface area contributed by atoms with Crippen LogP contribution in [0.4, 0.5) is 11.4 Å². The zero-order valence-electron chi connectivity index (χ0n) is 8.65. The van der Waals surface area contributed by atoms with Gasteiger partial charge in [0.1, 0.15) is 0 Å². The predicted molar refractivity (Wildman–Crippen MR) is 60.1 cm³/mol. The molecule has 0 fully saturated rings. The maximum absolute atomic E-state index is 10.00. The van der Waals surface area contributed by atoms with E-state index in [1.807, 2.05) is 0 Å². The Balaban J connectivity index is 0.000000557. The molecule has 0 aromatic heterocycles. The van der Waals surface area contributed by atoms with Crippen molar-refractivity contribution in [2.45, 2.75) is 6.92 Å². The number of rotatable bonds is 2. The van der Waals surface area contributed by atoms with Gasteiger partial charge in [-0.25, -0.2) is 9.59 Å². The van der Waals surface area contributed by atoms with E-state index in [0.29, 0.717) is 11.4 Å². The van der Waals surface area contributed by atoms with E-state index in [-0.39, 0.29) is 0 Å². The molecule has 0 saturated heterocycles. The van der Waals surface area contributed by atoms with E-state index in [1.165, 1.54) is 18.2 Å². The summed E-state index contributed by atoms with van der Waals surface area (Å²) in [6, 6.07) is 4.88. The van der Waals surface area contributed by atoms with Gasteiger partial charge in [0.2, 0.25) is 12.2 Å². The average Bonchev–Trinajstić information content (AvgIpc) is 2.23. The van der Waals surface area contributed by atoms with Crippen LogP contribution in [-0.2, 0) is 21.0 Å². The second kappa shape index (κ2) is 8.23. The number of nitrogens with zero attached hydrogens (tertiary/aromatic N) is 2. The summed E-state index contributed by atoms with van der Waals surface area (Å²) in [6.45, 7) is 1.80. The highest BCUT2D eigenvalue weighted by atomic mass is 32.2. The fourth-order valence-corrected chi connectivity index (χ4v) is 0.890. The Morgan fingerprint density at radius 2 is 1.71 bits per heavy atom. The SMILES string of the molecule is Cc1ccc(N=C=O)cc1N=C=O.O=S(O)O. The van der Waals surface area contributed by atoms with Gasteiger partial charge < -0.3 is 0 Å². The van der Waals surface area contributed by atoms with Gasteiger partial charge >= 0.3 is 0 Å². The van der Waals surface area contributed by atoms with Crippen LogP contribution in [0.25, 0.3) is 0 Å². The van der Waals surface area contributed by atoms with Crippen molar-refractivity contribution < 1.29 is 22.9 Å². The average molecular weight is 256 g/mol. The van der Waals surface area contributed by atoms with E-state index in [9.17, 15) is 9.59 Å². The summed E-state index contributed by atoms with van der Waals surface area (Å²) < 4.78 is 22.8. The molecular formula is C9H8N2O5S. The fourth-order valence-electron chi connectivity index (χ4n) is 0.890. The van der Waals surface area contributed by atoms with Gasteiger partial charge in [-0.2, -0.15) is 14.2 Å². The normalized spacial score (nSPS) is 8.47. The molecule has 1 aromatic rings. The number of hydrogen-bond acceptors (Lipinski definition) is 5. The summed E-state index contributed by atoms with van der Waals surface area (Å²) in [5.74, 6) is 0. The van der Waals surface area contributed by atoms with Crippen molar-refractivity contribution in [1.82, 2.24) is 0 Å². The first-order valence-corrected chi connectivity index (χ1v) is 5.14. The summed E-state index contributed by atoms with van der Waals surface area (Å²) in [5, 5.41) is 0. The lowest BCUT2D eigenvalue weighted by molar-refractivity contribution is 0.454. The van der Waals surface area contributed by atoms with Gasteiger partial charge in [-0.15, -0.1) is 0 Å². The second-order valence-corrected chi connectivity index (χ2v) is 3.07. The Hall–Kier alpha value is -1.95. The summed E-state index contributed by atoms with van der Waals surface area (Å²) >= 11 is -2.61. The summed E-state index contributed by atoms with van der Waals surface area (Å²) in [7, 11) is 0. The molecule has 1 aromatic carbocycles. The number of hydrogen-bond donors (Lipinski definition) is 2. The van der Waals surface area contributed by atoms with Gasteiger partial charge in [-0.1, -0.05) is 6.07 Å². The third-order valence-corrected chi connectivity index (χ3v) is 1.53. The van der Waals surface area contributed by atoms with Crippen molar-refractivity contribution in [1.29, 1.82) is 0 Å². The lowest BCUT2D eigenvalue weighted by atomic mass is 10.2. The van der Waals surface area contributed by atoms with Crippen LogP contribution in [0.1, 0.15) is 5.56 Å². The molecule has 90 valence electrons. The van der Waals surface area contributed by atoms with Crippen molar-refractivity contribution in [3.8, 4) is 0 Å². The highest BCUT2D eigenvalue weighted by Gasteiger charge is 1.97. The van der Waals surface area contributed by atoms with Crippen LogP contribution in [0.3, 0.4) is 0 Å². The molecule has 17 heavy (non-hydrogen) atoms. The molecule has 0 aliphatic rings. The molecule has 0 aliphatic heterocycles. The Labute approximate surface area is 99.0 Å². The van der Waals surface area contributed by atoms with Crippen LogP contribution in [0, 0.1) is 6.92 Å². The van der Waals surface area contributed by atoms with Crippen molar-refractivity contribution in [3.05, 3.63) is 23.8 Å². The van der Waals surface area contributed by atoms with Gasteiger partial charge in [0.25, 0.3) is 11.4 Å². The number of aryl methyl sites for hydroxylation is 1. The molecule has 0 heterocycles. The minimum Gasteiger partial charge on any atom is -0.284 e. The van der Waals surface area contributed by atoms with Gasteiger partial charge in [-0.3, -0.25) is 9.11 Å². The molecule has 0 saturated carbocycles. The number of aliphatic imine (C=N–C) groups is 2. The van der Waals surface area contributed by atoms with Gasteiger partial charge in [-0.05, 0) is 24.6 Å². The first-order valence-electron chi connectivity index (χ1n) is 4.07. The smallest absolute Gasteiger partial charge is 0.284 e. The summed E-state index contributed by atoms with van der Waals surface area (Å²) in [5.41, 5.74) is 1.72. The molecule has 0 atom stereocenters. The van der Waals surface area contributed by atoms with Crippen molar-refractivity contribution in [2.75, 3.05) is 0 Å². The number of isocyanates is 2. The van der Waals surface area contributed by atoms with Crippen LogP contribution in [0.2, 0.25) is 0 Å². The maximum atomic E-state index is 10.00. The minimum atomic E-state index is -2.61. The Bertz CT molecular complexity index is 500. The van der Waals surface area contributed by atoms with Crippen LogP contribution < -0.4 is 0 Å². The first kappa shape index (κ1) is 15.0. The third kappa shape index (κ3) is 7.02. The Kier molecular flexibility index (Phi) is 7.29. The zero-order valence-corrected chi connectivity index (χ0v) is 9.47. The quantitative estimate of drug-likeness (QED) is 0.473. The highest BCUT2D eigenvalue weighted by Crippen LogP contribution is 2.23. The third-order valence-electron chi connectivity index (χ3n) is 1.53. The lowest BCUT2D eigenvalue weighted by Crippen LogP contribution is -1.74. The fraction of sp³-hybridized carbons (Fsp3) is 0.111. The number of carbonyl (C=O) groups excluding carboxylic acids is 2. The molecular weight excluding hydrogens is 248 g/mol. The molecule has 8 heteroatoms. The Morgan fingerprint density at radius 1 is 1.18 bits per heavy atom. The van der Waals surface area contributed by atoms with Gasteiger partial charge in [0, 0.05) is 0 Å². The Morgan fingerprint density at radius 3 is 2.18 bits per heavy atom. The first-order chi connectivity index (χ1) is 8.01. The monoisotopic (exact) mass is 256 g/mol. The molecule has 0 aliphatic carbocycles. The minimum absolute atomic E-state index is 0.426. The molecule has 7 nitrogen and oxygen atoms in total. The van der Waals surface area contributed by atoms with E-state index in [0.717, 1.165) is 5.56 Å². The molecule has 1 rings (SSSR count). The molecule has 0 unspecified atom stereocenters. The second-order valence-electron chi connectivity index (χ2n) is 2.61. The van der Waals surface area contributed by atoms with Crippen LogP contribution >= 0.6 is 0 Å². The zero-order chi connectivity index (χ0) is 13.3. The van der Waals surface area contributed by atoms with Gasteiger partial charge in [0.05, 0.1) is 11.4 Å². The van der Waals surface area contributed by atoms with Crippen molar-refractivity contribution in [3.63, 3.8) is 0 Å². The van der Waals surface area contributed by atoms with Crippen LogP contribution in [0.5, 0.6) is 0 Å². The van der Waals surface area contributed by atoms with E-state index in [4.69, 9.17) is 13.3 Å². The van der Waals surface area contributed by atoms with E-state index < -0.39 is 11.4 Å². The van der Waals surface area contributed by atoms with Crippen LogP contribution in [-0.4, -0.2) is 25.5 Å². The van der Waals surface area contributed by atoms with Crippen molar-refractivity contribution >= 4 is 34.9 Å². The van der Waals surface area contributed by atoms with Gasteiger partial charge in [0.15, 0.2) is 0 Å². The van der Waals surface area contributed by atoms with E-state index in [1.54, 1.807) is 19.1 Å². The standard InChI is InChI=1S/C9H6N2O2.H2O3S/c1-7-2-3-8(10-5-12)4-9(7)11-6-13;1-4(2)3/h2-4H,1H3;(H2,1,2,3). The molecule has 0 amide bonds. The highest BCUT2D eigenvalue weighted by molar-refractivity contribution is 7.73. The van der Waals surface area contributed by atoms with E-state index in [2.05, 4.69) is 9.98 Å². The van der Waals surface area contributed by atoms with Crippen molar-refractivity contribution in [2.24, 2.45) is 9.98 Å².